The number of amides is 1. The molecule has 21 heavy (non-hydrogen) atoms. The molecule has 0 unspecified atom stereocenters. The molecule has 2 aliphatic carbocycles. The Kier molecular flexibility index (Phi) is 6.33. The topological polar surface area (TPSA) is 55.6 Å². The Morgan fingerprint density at radius 2 is 1.76 bits per heavy atom. The van der Waals surface area contributed by atoms with Crippen molar-refractivity contribution in [3.63, 3.8) is 0 Å². The molecule has 5 heteroatoms. The normalized spacial score (nSPS) is 30.0. The molecule has 0 aromatic carbocycles. The number of hydrogen-bond donors (Lipinski definition) is 1. The third-order valence-corrected chi connectivity index (χ3v) is 5.10. The van der Waals surface area contributed by atoms with Crippen molar-refractivity contribution in [1.29, 1.82) is 0 Å². The lowest BCUT2D eigenvalue weighted by Crippen LogP contribution is -2.43. The number of nitrogens with zero attached hydrogens (tertiary/aromatic N) is 1. The van der Waals surface area contributed by atoms with Crippen molar-refractivity contribution in [3.05, 3.63) is 0 Å². The van der Waals surface area contributed by atoms with Crippen molar-refractivity contribution >= 4 is 18.3 Å². The maximum atomic E-state index is 12.7. The van der Waals surface area contributed by atoms with Gasteiger partial charge in [-0.25, -0.2) is 0 Å². The van der Waals surface area contributed by atoms with Crippen LogP contribution in [0.1, 0.15) is 57.8 Å². The first-order valence-corrected chi connectivity index (χ1v) is 8.44. The Hall–Kier alpha value is -0.320. The SMILES string of the molecule is Cl.NC[C@H]1CC[C@@H](C(=O)N(CC2CCCCC2)C2CC2)O1. The van der Waals surface area contributed by atoms with E-state index in [2.05, 4.69) is 4.90 Å². The smallest absolute Gasteiger partial charge is 0.251 e. The summed E-state index contributed by atoms with van der Waals surface area (Å²) in [7, 11) is 0. The molecule has 0 bridgehead atoms. The molecule has 122 valence electrons. The summed E-state index contributed by atoms with van der Waals surface area (Å²) in [5.41, 5.74) is 5.64. The second-order valence-electron chi connectivity index (χ2n) is 6.79. The second kappa shape index (κ2) is 7.80. The summed E-state index contributed by atoms with van der Waals surface area (Å²) >= 11 is 0. The quantitative estimate of drug-likeness (QED) is 0.848. The summed E-state index contributed by atoms with van der Waals surface area (Å²) in [6, 6.07) is 0.505. The van der Waals surface area contributed by atoms with Gasteiger partial charge < -0.3 is 15.4 Å². The van der Waals surface area contributed by atoms with E-state index >= 15 is 0 Å². The summed E-state index contributed by atoms with van der Waals surface area (Å²) in [4.78, 5) is 14.9. The average molecular weight is 317 g/mol. The number of rotatable bonds is 5. The molecule has 3 aliphatic rings. The summed E-state index contributed by atoms with van der Waals surface area (Å²) in [6.07, 6.45) is 10.7. The maximum absolute atomic E-state index is 12.7. The molecule has 0 spiro atoms. The highest BCUT2D eigenvalue weighted by molar-refractivity contribution is 5.85. The fourth-order valence-corrected chi connectivity index (χ4v) is 3.70. The number of carbonyl (C=O) groups is 1. The molecule has 2 saturated carbocycles. The van der Waals surface area contributed by atoms with Crippen LogP contribution in [0.25, 0.3) is 0 Å². The molecule has 2 N–H and O–H groups in total. The van der Waals surface area contributed by atoms with Crippen LogP contribution in [0.15, 0.2) is 0 Å². The molecule has 2 atom stereocenters. The van der Waals surface area contributed by atoms with Gasteiger partial charge in [-0.15, -0.1) is 12.4 Å². The first kappa shape index (κ1) is 17.0. The standard InChI is InChI=1S/C16H28N2O2.ClH/c17-10-14-8-9-15(20-14)16(19)18(13-6-7-13)11-12-4-2-1-3-5-12;/h12-15H,1-11,17H2;1H/t14-,15+;/m1./s1. The van der Waals surface area contributed by atoms with Crippen LogP contribution in [0.4, 0.5) is 0 Å². The summed E-state index contributed by atoms with van der Waals surface area (Å²) in [5.74, 6) is 0.967. The molecular weight excluding hydrogens is 288 g/mol. The van der Waals surface area contributed by atoms with E-state index in [-0.39, 0.29) is 30.5 Å². The fraction of sp³-hybridized carbons (Fsp3) is 0.938. The number of hydrogen-bond acceptors (Lipinski definition) is 3. The van der Waals surface area contributed by atoms with Crippen LogP contribution in [0.5, 0.6) is 0 Å². The van der Waals surface area contributed by atoms with E-state index < -0.39 is 0 Å². The lowest BCUT2D eigenvalue weighted by molar-refractivity contribution is -0.144. The highest BCUT2D eigenvalue weighted by atomic mass is 35.5. The molecular formula is C16H29ClN2O2. The van der Waals surface area contributed by atoms with E-state index in [9.17, 15) is 4.79 Å². The third kappa shape index (κ3) is 4.33. The Morgan fingerprint density at radius 1 is 1.05 bits per heavy atom. The zero-order valence-electron chi connectivity index (χ0n) is 12.8. The first-order chi connectivity index (χ1) is 9.78. The van der Waals surface area contributed by atoms with Crippen LogP contribution in [0.3, 0.4) is 0 Å². The van der Waals surface area contributed by atoms with Gasteiger partial charge in [-0.1, -0.05) is 19.3 Å². The van der Waals surface area contributed by atoms with Crippen molar-refractivity contribution < 1.29 is 9.53 Å². The molecule has 4 nitrogen and oxygen atoms in total. The minimum absolute atomic E-state index is 0. The number of halogens is 1. The highest BCUT2D eigenvalue weighted by Crippen LogP contribution is 2.33. The van der Waals surface area contributed by atoms with Gasteiger partial charge in [0.1, 0.15) is 6.10 Å². The first-order valence-electron chi connectivity index (χ1n) is 8.44. The Balaban J connectivity index is 0.00000161. The van der Waals surface area contributed by atoms with Crippen LogP contribution >= 0.6 is 12.4 Å². The average Bonchev–Trinajstić information content (AvgIpc) is 3.21. The number of nitrogens with two attached hydrogens (primary N) is 1. The van der Waals surface area contributed by atoms with Gasteiger partial charge in [-0.2, -0.15) is 0 Å². The minimum Gasteiger partial charge on any atom is -0.364 e. The van der Waals surface area contributed by atoms with Crippen molar-refractivity contribution in [2.75, 3.05) is 13.1 Å². The Morgan fingerprint density at radius 3 is 2.33 bits per heavy atom. The molecule has 1 aliphatic heterocycles. The van der Waals surface area contributed by atoms with E-state index in [1.54, 1.807) is 0 Å². The van der Waals surface area contributed by atoms with Gasteiger partial charge in [0.2, 0.25) is 0 Å². The monoisotopic (exact) mass is 316 g/mol. The summed E-state index contributed by atoms with van der Waals surface area (Å²) in [5, 5.41) is 0. The maximum Gasteiger partial charge on any atom is 0.251 e. The van der Waals surface area contributed by atoms with Crippen LogP contribution in [-0.2, 0) is 9.53 Å². The van der Waals surface area contributed by atoms with Crippen molar-refractivity contribution in [2.45, 2.75) is 76.0 Å². The Labute approximate surface area is 134 Å². The van der Waals surface area contributed by atoms with Crippen LogP contribution in [-0.4, -0.2) is 42.1 Å². The van der Waals surface area contributed by atoms with Crippen LogP contribution < -0.4 is 5.73 Å². The summed E-state index contributed by atoms with van der Waals surface area (Å²) in [6.45, 7) is 1.51. The molecule has 0 aromatic heterocycles. The van der Waals surface area contributed by atoms with E-state index in [1.807, 2.05) is 0 Å². The van der Waals surface area contributed by atoms with Crippen LogP contribution in [0, 0.1) is 5.92 Å². The second-order valence-corrected chi connectivity index (χ2v) is 6.79. The molecule has 1 heterocycles. The van der Waals surface area contributed by atoms with Gasteiger partial charge in [-0.05, 0) is 44.4 Å². The zero-order valence-corrected chi connectivity index (χ0v) is 13.7. The fourth-order valence-electron chi connectivity index (χ4n) is 3.70. The molecule has 1 amide bonds. The lowest BCUT2D eigenvalue weighted by Gasteiger charge is -2.31. The predicted molar refractivity (Wildman–Crippen MR) is 85.5 cm³/mol. The van der Waals surface area contributed by atoms with Gasteiger partial charge in [-0.3, -0.25) is 4.79 Å². The van der Waals surface area contributed by atoms with Gasteiger partial charge in [0.05, 0.1) is 6.10 Å². The molecule has 3 rings (SSSR count). The van der Waals surface area contributed by atoms with E-state index in [1.165, 1.54) is 44.9 Å². The van der Waals surface area contributed by atoms with E-state index in [4.69, 9.17) is 10.5 Å². The number of ether oxygens (including phenoxy) is 1. The van der Waals surface area contributed by atoms with E-state index in [0.29, 0.717) is 12.6 Å². The lowest BCUT2D eigenvalue weighted by atomic mass is 9.89. The molecule has 0 aromatic rings. The summed E-state index contributed by atoms with van der Waals surface area (Å²) < 4.78 is 5.80. The highest BCUT2D eigenvalue weighted by Gasteiger charge is 2.40. The zero-order chi connectivity index (χ0) is 13.9. The molecule has 1 saturated heterocycles. The third-order valence-electron chi connectivity index (χ3n) is 5.10. The van der Waals surface area contributed by atoms with Gasteiger partial charge >= 0.3 is 0 Å². The van der Waals surface area contributed by atoms with Crippen molar-refractivity contribution in [1.82, 2.24) is 4.90 Å². The largest absolute Gasteiger partial charge is 0.364 e. The minimum atomic E-state index is -0.215. The van der Waals surface area contributed by atoms with E-state index in [0.717, 1.165) is 25.3 Å². The Bertz CT molecular complexity index is 343. The van der Waals surface area contributed by atoms with Gasteiger partial charge in [0, 0.05) is 19.1 Å². The molecule has 3 fully saturated rings. The predicted octanol–water partition coefficient (Wildman–Crippen LogP) is 2.49. The van der Waals surface area contributed by atoms with Crippen LogP contribution in [0.2, 0.25) is 0 Å². The molecule has 0 radical (unpaired) electrons. The van der Waals surface area contributed by atoms with Crippen molar-refractivity contribution in [2.24, 2.45) is 11.7 Å². The van der Waals surface area contributed by atoms with Crippen molar-refractivity contribution in [3.8, 4) is 0 Å². The number of carbonyl (C=O) groups excluding carboxylic acids is 1. The van der Waals surface area contributed by atoms with Gasteiger partial charge in [0.15, 0.2) is 0 Å². The van der Waals surface area contributed by atoms with Gasteiger partial charge in [0.25, 0.3) is 5.91 Å².